The first-order valence-electron chi connectivity index (χ1n) is 12.9. The van der Waals surface area contributed by atoms with Crippen LogP contribution in [0.1, 0.15) is 38.5 Å². The zero-order chi connectivity index (χ0) is 15.6. The van der Waals surface area contributed by atoms with E-state index in [2.05, 4.69) is 0 Å². The molecule has 0 saturated heterocycles. The monoisotopic (exact) mass is 342 g/mol. The fourth-order valence-corrected chi connectivity index (χ4v) is 18.2. The van der Waals surface area contributed by atoms with Gasteiger partial charge in [-0.1, -0.05) is 0 Å². The molecule has 0 aromatic carbocycles. The van der Waals surface area contributed by atoms with E-state index in [0.29, 0.717) is 0 Å². The average molecular weight is 343 g/mol. The van der Waals surface area contributed by atoms with Crippen LogP contribution in [0, 0.1) is 117 Å². The normalized spacial score (nSPS) is 95.1. The van der Waals surface area contributed by atoms with Crippen molar-refractivity contribution in [3.8, 4) is 0 Å². The Morgan fingerprint density at radius 3 is 0.577 bits per heavy atom. The van der Waals surface area contributed by atoms with Crippen molar-refractivity contribution in [2.75, 3.05) is 0 Å². The minimum absolute atomic E-state index is 0.996. The zero-order valence-electron chi connectivity index (χ0n) is 15.6. The minimum atomic E-state index is 0.996. The molecule has 0 amide bonds. The van der Waals surface area contributed by atoms with Crippen molar-refractivity contribution >= 4 is 0 Å². The van der Waals surface area contributed by atoms with E-state index >= 15 is 0 Å². The van der Waals surface area contributed by atoms with Crippen LogP contribution < -0.4 is 0 Å². The quantitative estimate of drug-likeness (QED) is 0.606. The van der Waals surface area contributed by atoms with E-state index in [9.17, 15) is 0 Å². The highest BCUT2D eigenvalue weighted by molar-refractivity contribution is 5.46. The molecule has 0 aliphatic heterocycles. The van der Waals surface area contributed by atoms with E-state index in [-0.39, 0.29) is 0 Å². The lowest BCUT2D eigenvalue weighted by Crippen LogP contribution is -2.99. The molecule has 0 heteroatoms. The number of hydrogen-bond donors (Lipinski definition) is 0. The summed E-state index contributed by atoms with van der Waals surface area (Å²) < 4.78 is 0. The Morgan fingerprint density at radius 2 is 0.423 bits per heavy atom. The summed E-state index contributed by atoms with van der Waals surface area (Å²) in [7, 11) is 0. The smallest absolute Gasteiger partial charge is 0.0131 e. The Hall–Kier alpha value is 0. The maximum absolute atomic E-state index is 1.76. The molecule has 18 saturated carbocycles. The molecule has 0 radical (unpaired) electrons. The SMILES string of the molecule is C1[C@@H]2C3[C@@H]4C[C@@H]5C6[C@@H]7C[C@@H]8C9[C@H]1[C@H]1C[C@@H]8C8[C@@H]7C[C@@H]5C5[C@@H]4C[C@@H]2C1C58C936. The number of hydrogen-bond acceptors (Lipinski definition) is 0. The fourth-order valence-electron chi connectivity index (χ4n) is 18.2. The summed E-state index contributed by atoms with van der Waals surface area (Å²) in [6, 6.07) is 0. The minimum Gasteiger partial charge on any atom is -0.0464 e. The average Bonchev–Trinajstić information content (AvgIpc) is 2.69. The molecule has 18 atom stereocenters. The predicted molar refractivity (Wildman–Crippen MR) is 95.4 cm³/mol. The molecule has 0 heterocycles. The molecule has 0 N–H and O–H groups in total. The van der Waals surface area contributed by atoms with E-state index in [0.717, 1.165) is 10.8 Å². The second-order valence-electron chi connectivity index (χ2n) is 14.4. The molecule has 18 fully saturated rings. The summed E-state index contributed by atoms with van der Waals surface area (Å²) in [6.07, 6.45) is 10.6. The van der Waals surface area contributed by atoms with Crippen LogP contribution in [0.3, 0.4) is 0 Å². The summed E-state index contributed by atoms with van der Waals surface area (Å²) in [6.45, 7) is 0. The van der Waals surface area contributed by atoms with Crippen LogP contribution in [-0.4, -0.2) is 0 Å². The third kappa shape index (κ3) is 0.639. The molecule has 18 aliphatic carbocycles. The molecule has 2 spiro atoms. The van der Waals surface area contributed by atoms with E-state index in [1.807, 2.05) is 0 Å². The molecule has 0 aromatic heterocycles. The van der Waals surface area contributed by atoms with Gasteiger partial charge < -0.3 is 0 Å². The molecule has 0 aromatic rings. The topological polar surface area (TPSA) is 0 Å². The zero-order valence-corrected chi connectivity index (χ0v) is 15.6. The van der Waals surface area contributed by atoms with Crippen LogP contribution in [0.5, 0.6) is 0 Å². The van der Waals surface area contributed by atoms with E-state index in [1.54, 1.807) is 38.5 Å². The lowest BCUT2D eigenvalue weighted by Gasteiger charge is -3.03. The van der Waals surface area contributed by atoms with Gasteiger partial charge in [-0.15, -0.1) is 0 Å². The Kier molecular flexibility index (Phi) is 1.27. The molecule has 18 aliphatic rings. The molecule has 134 valence electrons. The fraction of sp³-hybridized carbons (Fsp3) is 1.00. The van der Waals surface area contributed by atoms with Crippen molar-refractivity contribution in [1.82, 2.24) is 0 Å². The van der Waals surface area contributed by atoms with Crippen LogP contribution in [0.15, 0.2) is 0 Å². The summed E-state index contributed by atoms with van der Waals surface area (Å²) in [4.78, 5) is 0. The second-order valence-corrected chi connectivity index (χ2v) is 14.4. The van der Waals surface area contributed by atoms with Crippen LogP contribution in [0.4, 0.5) is 0 Å². The Bertz CT molecular complexity index is 654. The van der Waals surface area contributed by atoms with Crippen LogP contribution >= 0.6 is 0 Å². The molecule has 0 nitrogen and oxygen atoms in total. The van der Waals surface area contributed by atoms with Gasteiger partial charge in [-0.2, -0.15) is 0 Å². The van der Waals surface area contributed by atoms with Crippen molar-refractivity contribution in [2.24, 2.45) is 117 Å². The van der Waals surface area contributed by atoms with Gasteiger partial charge in [-0.05, 0) is 156 Å². The summed E-state index contributed by atoms with van der Waals surface area (Å²) in [5.74, 6) is 23.0. The summed E-state index contributed by atoms with van der Waals surface area (Å²) >= 11 is 0. The van der Waals surface area contributed by atoms with Gasteiger partial charge in [-0.25, -0.2) is 0 Å². The van der Waals surface area contributed by atoms with E-state index in [1.165, 1.54) is 107 Å². The third-order valence-electron chi connectivity index (χ3n) is 16.2. The predicted octanol–water partition coefficient (Wildman–Crippen LogP) is 4.55. The van der Waals surface area contributed by atoms with Gasteiger partial charge >= 0.3 is 0 Å². The van der Waals surface area contributed by atoms with Crippen LogP contribution in [0.25, 0.3) is 0 Å². The third-order valence-corrected chi connectivity index (χ3v) is 16.2. The highest BCUT2D eigenvalue weighted by atomic mass is 15.0. The van der Waals surface area contributed by atoms with Gasteiger partial charge in [0, 0.05) is 0 Å². The van der Waals surface area contributed by atoms with Crippen molar-refractivity contribution < 1.29 is 0 Å². The molecule has 20 bridgehead atoms. The van der Waals surface area contributed by atoms with Crippen LogP contribution in [-0.2, 0) is 0 Å². The van der Waals surface area contributed by atoms with Crippen molar-refractivity contribution in [1.29, 1.82) is 0 Å². The van der Waals surface area contributed by atoms with Crippen molar-refractivity contribution in [2.45, 2.75) is 38.5 Å². The molecule has 6 unspecified atom stereocenters. The Labute approximate surface area is 156 Å². The first-order valence-corrected chi connectivity index (χ1v) is 12.9. The van der Waals surface area contributed by atoms with Gasteiger partial charge in [-0.3, -0.25) is 0 Å². The lowest BCUT2D eigenvalue weighted by molar-refractivity contribution is -0.560. The second kappa shape index (κ2) is 2.78. The van der Waals surface area contributed by atoms with Gasteiger partial charge in [0.1, 0.15) is 0 Å². The summed E-state index contributed by atoms with van der Waals surface area (Å²) in [5.41, 5.74) is 1.99. The largest absolute Gasteiger partial charge is 0.0464 e. The molecular weight excluding hydrogens is 312 g/mol. The van der Waals surface area contributed by atoms with Gasteiger partial charge in [0.25, 0.3) is 0 Å². The van der Waals surface area contributed by atoms with Gasteiger partial charge in [0.15, 0.2) is 0 Å². The van der Waals surface area contributed by atoms with E-state index in [4.69, 9.17) is 0 Å². The number of rotatable bonds is 0. The van der Waals surface area contributed by atoms with Gasteiger partial charge in [0.2, 0.25) is 0 Å². The molecular formula is C26H30. The highest BCUT2D eigenvalue weighted by Crippen LogP contribution is 3.03. The molecule has 18 rings (SSSR count). The van der Waals surface area contributed by atoms with Crippen molar-refractivity contribution in [3.63, 3.8) is 0 Å². The van der Waals surface area contributed by atoms with Crippen molar-refractivity contribution in [3.05, 3.63) is 0 Å². The maximum Gasteiger partial charge on any atom is -0.0131 e. The first kappa shape index (κ1) is 11.9. The van der Waals surface area contributed by atoms with Gasteiger partial charge in [0.05, 0.1) is 0 Å². The Balaban J connectivity index is 1.37. The highest BCUT2D eigenvalue weighted by Gasteiger charge is 2.99. The standard InChI is InChI=1S/C26H30/c1-7-9-2-13-11-4-15-17-6-18-16-5-12-14-3-10-8(1)20(12)25(19(7)11,22(15)16)26(21(9)10,23(13)17)24(14)18/h7-24H,1-6H2/t7-,8+,9-,10+,11+,12-,13+,14-,15-,16+,17-,18+,19?,20?,21?,22?,23?,24?,25?,26?. The van der Waals surface area contributed by atoms with Crippen LogP contribution in [0.2, 0.25) is 0 Å². The maximum atomic E-state index is 1.76. The first-order chi connectivity index (χ1) is 12.9. The molecule has 26 heavy (non-hydrogen) atoms. The lowest BCUT2D eigenvalue weighted by atomic mass is 9.01. The summed E-state index contributed by atoms with van der Waals surface area (Å²) in [5, 5.41) is 0. The van der Waals surface area contributed by atoms with E-state index < -0.39 is 0 Å². The Morgan fingerprint density at radius 1 is 0.269 bits per heavy atom.